The second kappa shape index (κ2) is 7.97. The number of aliphatic hydroxyl groups is 1. The van der Waals surface area contributed by atoms with Crippen molar-refractivity contribution < 1.29 is 19.5 Å². The molecule has 0 fully saturated rings. The maximum absolute atomic E-state index is 11.4. The Balaban J connectivity index is 2.55. The number of hydrogen-bond donors (Lipinski definition) is 1. The molecule has 8 nitrogen and oxygen atoms in total. The van der Waals surface area contributed by atoms with Crippen LogP contribution in [0.2, 0.25) is 0 Å². The Hall–Kier alpha value is -3.62. The molecule has 2 atom stereocenters. The fraction of sp³-hybridized carbons (Fsp3) is 0.222. The van der Waals surface area contributed by atoms with Gasteiger partial charge in [-0.25, -0.2) is 0 Å². The number of nitro groups is 1. The van der Waals surface area contributed by atoms with Crippen molar-refractivity contribution in [1.82, 2.24) is 0 Å². The fourth-order valence-electron chi connectivity index (χ4n) is 2.55. The molecule has 0 heterocycles. The molecule has 0 aromatic heterocycles. The minimum Gasteiger partial charge on any atom is -0.493 e. The molecule has 0 aliphatic heterocycles. The molecule has 0 bridgehead atoms. The van der Waals surface area contributed by atoms with Crippen molar-refractivity contribution in [2.75, 3.05) is 14.2 Å². The highest BCUT2D eigenvalue weighted by Gasteiger charge is 2.31. The van der Waals surface area contributed by atoms with Crippen LogP contribution in [0, 0.1) is 32.8 Å². The summed E-state index contributed by atoms with van der Waals surface area (Å²) in [5, 5.41) is 40.4. The zero-order chi connectivity index (χ0) is 19.3. The Kier molecular flexibility index (Phi) is 5.74. The van der Waals surface area contributed by atoms with Crippen LogP contribution in [-0.2, 0) is 0 Å². The van der Waals surface area contributed by atoms with E-state index in [-0.39, 0.29) is 22.7 Å². The topological polar surface area (TPSA) is 129 Å². The molecule has 0 spiro atoms. The van der Waals surface area contributed by atoms with Crippen LogP contribution >= 0.6 is 0 Å². The highest BCUT2D eigenvalue weighted by molar-refractivity contribution is 5.56. The molecule has 0 saturated heterocycles. The van der Waals surface area contributed by atoms with Crippen LogP contribution in [0.25, 0.3) is 0 Å². The van der Waals surface area contributed by atoms with Crippen molar-refractivity contribution in [3.8, 4) is 23.6 Å². The van der Waals surface area contributed by atoms with Gasteiger partial charge in [-0.3, -0.25) is 10.1 Å². The van der Waals surface area contributed by atoms with Gasteiger partial charge in [0, 0.05) is 0 Å². The van der Waals surface area contributed by atoms with Crippen molar-refractivity contribution in [1.29, 1.82) is 10.5 Å². The molecule has 1 N–H and O–H groups in total. The van der Waals surface area contributed by atoms with Crippen LogP contribution in [0.3, 0.4) is 0 Å². The van der Waals surface area contributed by atoms with Crippen LogP contribution in [0.15, 0.2) is 36.4 Å². The van der Waals surface area contributed by atoms with Crippen LogP contribution in [0.4, 0.5) is 5.69 Å². The first-order valence-corrected chi connectivity index (χ1v) is 7.44. The van der Waals surface area contributed by atoms with Gasteiger partial charge in [0.15, 0.2) is 11.5 Å². The average molecular weight is 353 g/mol. The predicted molar refractivity (Wildman–Crippen MR) is 90.7 cm³/mol. The van der Waals surface area contributed by atoms with Crippen molar-refractivity contribution in [3.05, 3.63) is 63.2 Å². The minimum atomic E-state index is -1.48. The predicted octanol–water partition coefficient (Wildman–Crippen LogP) is 2.82. The first-order valence-electron chi connectivity index (χ1n) is 7.44. The normalized spacial score (nSPS) is 12.3. The van der Waals surface area contributed by atoms with E-state index < -0.39 is 16.9 Å². The Labute approximate surface area is 149 Å². The third-order valence-corrected chi connectivity index (χ3v) is 3.90. The van der Waals surface area contributed by atoms with Gasteiger partial charge in [-0.05, 0) is 23.8 Å². The van der Waals surface area contributed by atoms with E-state index in [9.17, 15) is 20.5 Å². The first-order chi connectivity index (χ1) is 12.5. The Morgan fingerprint density at radius 3 is 2.15 bits per heavy atom. The van der Waals surface area contributed by atoms with E-state index in [2.05, 4.69) is 0 Å². The molecule has 8 heteroatoms. The van der Waals surface area contributed by atoms with E-state index in [4.69, 9.17) is 14.7 Å². The van der Waals surface area contributed by atoms with Crippen LogP contribution in [0.5, 0.6) is 11.5 Å². The van der Waals surface area contributed by atoms with Crippen LogP contribution < -0.4 is 9.47 Å². The summed E-state index contributed by atoms with van der Waals surface area (Å²) in [4.78, 5) is 10.7. The number of benzene rings is 2. The monoisotopic (exact) mass is 353 g/mol. The van der Waals surface area contributed by atoms with E-state index >= 15 is 0 Å². The zero-order valence-corrected chi connectivity index (χ0v) is 14.0. The second-order valence-corrected chi connectivity index (χ2v) is 5.31. The van der Waals surface area contributed by atoms with E-state index in [1.54, 1.807) is 0 Å². The summed E-state index contributed by atoms with van der Waals surface area (Å²) in [6.07, 6.45) is -1.48. The summed E-state index contributed by atoms with van der Waals surface area (Å²) in [5.74, 6) is -0.731. The Morgan fingerprint density at radius 1 is 1.12 bits per heavy atom. The molecule has 0 saturated carbocycles. The van der Waals surface area contributed by atoms with Gasteiger partial charge in [0.25, 0.3) is 5.69 Å². The lowest BCUT2D eigenvalue weighted by Gasteiger charge is -2.19. The van der Waals surface area contributed by atoms with Gasteiger partial charge >= 0.3 is 0 Å². The number of rotatable bonds is 6. The highest BCUT2D eigenvalue weighted by atomic mass is 16.6. The summed E-state index contributed by atoms with van der Waals surface area (Å²) in [7, 11) is 2.70. The third-order valence-electron chi connectivity index (χ3n) is 3.90. The molecule has 2 aromatic rings. The molecule has 26 heavy (non-hydrogen) atoms. The molecule has 0 unspecified atom stereocenters. The van der Waals surface area contributed by atoms with E-state index in [1.165, 1.54) is 44.6 Å². The first kappa shape index (κ1) is 18.7. The standard InChI is InChI=1S/C18H15N3O5/c1-25-16-7-13(15(21(23)24)8-17(16)26-2)18(22)14(10-20)12-5-3-11(9-19)4-6-12/h3-8,14,18,22H,1-2H3/t14-,18-/m0/s1. The zero-order valence-electron chi connectivity index (χ0n) is 14.0. The number of ether oxygens (including phenoxy) is 2. The number of hydrogen-bond acceptors (Lipinski definition) is 7. The smallest absolute Gasteiger partial charge is 0.279 e. The summed E-state index contributed by atoms with van der Waals surface area (Å²) < 4.78 is 10.2. The summed E-state index contributed by atoms with van der Waals surface area (Å²) in [6, 6.07) is 12.4. The molecule has 0 aliphatic rings. The van der Waals surface area contributed by atoms with Crippen LogP contribution in [-0.4, -0.2) is 24.2 Å². The maximum atomic E-state index is 11.4. The molecule has 2 aromatic carbocycles. The molecule has 2 rings (SSSR count). The Morgan fingerprint density at radius 2 is 1.69 bits per heavy atom. The van der Waals surface area contributed by atoms with Gasteiger partial charge in [-0.2, -0.15) is 10.5 Å². The van der Waals surface area contributed by atoms with Crippen molar-refractivity contribution >= 4 is 5.69 Å². The van der Waals surface area contributed by atoms with E-state index in [0.29, 0.717) is 11.1 Å². The molecular formula is C18H15N3O5. The van der Waals surface area contributed by atoms with E-state index in [0.717, 1.165) is 6.07 Å². The van der Waals surface area contributed by atoms with Crippen molar-refractivity contribution in [2.45, 2.75) is 12.0 Å². The van der Waals surface area contributed by atoms with Crippen molar-refractivity contribution in [2.24, 2.45) is 0 Å². The average Bonchev–Trinajstić information content (AvgIpc) is 2.67. The van der Waals surface area contributed by atoms with Crippen LogP contribution in [0.1, 0.15) is 28.7 Å². The summed E-state index contributed by atoms with van der Waals surface area (Å²) in [6.45, 7) is 0. The van der Waals surface area contributed by atoms with Gasteiger partial charge < -0.3 is 14.6 Å². The molecule has 0 radical (unpaired) electrons. The second-order valence-electron chi connectivity index (χ2n) is 5.31. The van der Waals surface area contributed by atoms with Gasteiger partial charge in [0.05, 0.1) is 48.5 Å². The van der Waals surface area contributed by atoms with Gasteiger partial charge in [0.2, 0.25) is 0 Å². The molecule has 0 aliphatic carbocycles. The molecule has 0 amide bonds. The van der Waals surface area contributed by atoms with Crippen molar-refractivity contribution in [3.63, 3.8) is 0 Å². The Bertz CT molecular complexity index is 897. The number of methoxy groups -OCH3 is 2. The maximum Gasteiger partial charge on any atom is 0.279 e. The summed E-state index contributed by atoms with van der Waals surface area (Å²) in [5.41, 5.74) is 0.382. The lowest BCUT2D eigenvalue weighted by molar-refractivity contribution is -0.386. The van der Waals surface area contributed by atoms with Gasteiger partial charge in [0.1, 0.15) is 12.0 Å². The number of nitro benzene ring substituents is 1. The van der Waals surface area contributed by atoms with Gasteiger partial charge in [-0.1, -0.05) is 12.1 Å². The molecular weight excluding hydrogens is 338 g/mol. The summed E-state index contributed by atoms with van der Waals surface area (Å²) >= 11 is 0. The SMILES string of the molecule is COc1cc([C@H](O)[C@@H](C#N)c2ccc(C#N)cc2)c([N+](=O)[O-])cc1OC. The number of aliphatic hydroxyl groups excluding tert-OH is 1. The lowest BCUT2D eigenvalue weighted by Crippen LogP contribution is -2.12. The fourth-order valence-corrected chi connectivity index (χ4v) is 2.55. The quantitative estimate of drug-likeness (QED) is 0.624. The third kappa shape index (κ3) is 3.56. The highest BCUT2D eigenvalue weighted by Crippen LogP contribution is 2.41. The number of nitriles is 2. The van der Waals surface area contributed by atoms with E-state index in [1.807, 2.05) is 12.1 Å². The minimum absolute atomic E-state index is 0.0661. The largest absolute Gasteiger partial charge is 0.493 e. The van der Waals surface area contributed by atoms with Gasteiger partial charge in [-0.15, -0.1) is 0 Å². The molecule has 132 valence electrons. The number of nitrogens with zero attached hydrogens (tertiary/aromatic N) is 3. The lowest BCUT2D eigenvalue weighted by atomic mass is 9.89.